The van der Waals surface area contributed by atoms with E-state index in [0.29, 0.717) is 6.42 Å². The van der Waals surface area contributed by atoms with Gasteiger partial charge in [-0.3, -0.25) is 9.59 Å². The topological polar surface area (TPSA) is 110 Å². The zero-order chi connectivity index (χ0) is 20.1. The van der Waals surface area contributed by atoms with Gasteiger partial charge in [0.15, 0.2) is 0 Å². The van der Waals surface area contributed by atoms with Crippen molar-refractivity contribution in [2.75, 3.05) is 0 Å². The van der Waals surface area contributed by atoms with Crippen LogP contribution in [0.5, 0.6) is 0 Å². The number of aliphatic hydroxyl groups excluding tert-OH is 1. The lowest BCUT2D eigenvalue weighted by molar-refractivity contribution is -0.156. The Balaban J connectivity index is 2.69. The van der Waals surface area contributed by atoms with Crippen molar-refractivity contribution < 1.29 is 34.1 Å². The molecule has 0 aromatic rings. The number of aliphatic hydroxyl groups is 1. The van der Waals surface area contributed by atoms with E-state index in [4.69, 9.17) is 14.6 Å². The van der Waals surface area contributed by atoms with Crippen molar-refractivity contribution in [3.63, 3.8) is 0 Å². The molecule has 1 aliphatic rings. The molecule has 0 saturated carbocycles. The van der Waals surface area contributed by atoms with Gasteiger partial charge >= 0.3 is 17.9 Å². The van der Waals surface area contributed by atoms with Crippen LogP contribution in [0.3, 0.4) is 0 Å². The maximum Gasteiger partial charge on any atom is 0.330 e. The summed E-state index contributed by atoms with van der Waals surface area (Å²) >= 11 is 0. The highest BCUT2D eigenvalue weighted by Crippen LogP contribution is 2.17. The van der Waals surface area contributed by atoms with Crippen LogP contribution < -0.4 is 0 Å². The van der Waals surface area contributed by atoms with Crippen molar-refractivity contribution in [1.82, 2.24) is 0 Å². The molecular formula is C20H32O7. The predicted octanol–water partition coefficient (Wildman–Crippen LogP) is 3.14. The molecule has 27 heavy (non-hydrogen) atoms. The number of aliphatic carboxylic acids is 1. The lowest BCUT2D eigenvalue weighted by Gasteiger charge is -2.21. The molecule has 2 N–H and O–H groups in total. The molecule has 0 spiro atoms. The van der Waals surface area contributed by atoms with Crippen molar-refractivity contribution in [3.8, 4) is 0 Å². The molecule has 154 valence electrons. The molecule has 1 heterocycles. The number of cyclic esters (lactones) is 1. The second kappa shape index (κ2) is 13.3. The van der Waals surface area contributed by atoms with Gasteiger partial charge in [-0.2, -0.15) is 0 Å². The fraction of sp³-hybridized carbons (Fsp3) is 0.750. The number of carboxylic acid groups (broad SMARTS) is 1. The van der Waals surface area contributed by atoms with E-state index in [2.05, 4.69) is 0 Å². The van der Waals surface area contributed by atoms with Crippen LogP contribution in [0.2, 0.25) is 0 Å². The first-order valence-electron chi connectivity index (χ1n) is 9.86. The number of carbonyl (C=O) groups excluding carboxylic acids is 2. The normalized spacial score (nSPS) is 27.3. The van der Waals surface area contributed by atoms with Crippen LogP contribution in [0.4, 0.5) is 0 Å². The van der Waals surface area contributed by atoms with E-state index in [9.17, 15) is 19.5 Å². The first-order valence-corrected chi connectivity index (χ1v) is 9.86. The van der Waals surface area contributed by atoms with Crippen LogP contribution >= 0.6 is 0 Å². The molecule has 3 atom stereocenters. The Morgan fingerprint density at radius 1 is 1.07 bits per heavy atom. The number of hydrogen-bond acceptors (Lipinski definition) is 6. The largest absolute Gasteiger partial charge is 0.481 e. The second-order valence-electron chi connectivity index (χ2n) is 7.07. The van der Waals surface area contributed by atoms with Crippen LogP contribution in [0.1, 0.15) is 77.6 Å². The highest BCUT2D eigenvalue weighted by Gasteiger charge is 2.22. The molecule has 0 unspecified atom stereocenters. The first kappa shape index (κ1) is 23.1. The summed E-state index contributed by atoms with van der Waals surface area (Å²) in [5.74, 6) is -2.28. The molecular weight excluding hydrogens is 352 g/mol. The standard InChI is InChI=1S/C20H32O7/c1-15-9-7-5-3-2-4-6-8-10-17(16(21)11-13-19(24)26-15)27-20(25)14-12-18(22)23/h11,13,15-17,21H,2-10,12,14H2,1H3,(H,22,23)/b13-11+/t15-,16-,17+/m1/s1. The van der Waals surface area contributed by atoms with Crippen LogP contribution in [0, 0.1) is 0 Å². The highest BCUT2D eigenvalue weighted by molar-refractivity contribution is 5.82. The smallest absolute Gasteiger partial charge is 0.330 e. The predicted molar refractivity (Wildman–Crippen MR) is 99.0 cm³/mol. The Hall–Kier alpha value is -1.89. The Morgan fingerprint density at radius 2 is 1.67 bits per heavy atom. The summed E-state index contributed by atoms with van der Waals surface area (Å²) < 4.78 is 10.5. The fourth-order valence-corrected chi connectivity index (χ4v) is 2.99. The van der Waals surface area contributed by atoms with E-state index in [-0.39, 0.29) is 18.9 Å². The maximum absolute atomic E-state index is 11.8. The molecule has 0 aromatic carbocycles. The minimum Gasteiger partial charge on any atom is -0.481 e. The summed E-state index contributed by atoms with van der Waals surface area (Å²) in [7, 11) is 0. The van der Waals surface area contributed by atoms with Gasteiger partial charge in [-0.25, -0.2) is 4.79 Å². The Bertz CT molecular complexity index is 501. The van der Waals surface area contributed by atoms with Crippen molar-refractivity contribution in [1.29, 1.82) is 0 Å². The number of ether oxygens (including phenoxy) is 2. The van der Waals surface area contributed by atoms with Gasteiger partial charge in [0, 0.05) is 6.08 Å². The molecule has 0 fully saturated rings. The summed E-state index contributed by atoms with van der Waals surface area (Å²) in [4.78, 5) is 34.2. The molecule has 1 aliphatic heterocycles. The number of esters is 2. The van der Waals surface area contributed by atoms with E-state index in [1.165, 1.54) is 6.08 Å². The molecule has 0 aromatic heterocycles. The summed E-state index contributed by atoms with van der Waals surface area (Å²) in [5, 5.41) is 19.0. The first-order chi connectivity index (χ1) is 12.9. The lowest BCUT2D eigenvalue weighted by atomic mass is 10.0. The Kier molecular flexibility index (Phi) is 11.4. The van der Waals surface area contributed by atoms with Crippen molar-refractivity contribution in [2.24, 2.45) is 0 Å². The van der Waals surface area contributed by atoms with Gasteiger partial charge in [-0.1, -0.05) is 32.1 Å². The Labute approximate surface area is 160 Å². The van der Waals surface area contributed by atoms with E-state index in [1.54, 1.807) is 0 Å². The molecule has 0 bridgehead atoms. The molecule has 1 rings (SSSR count). The van der Waals surface area contributed by atoms with Crippen LogP contribution in [0.25, 0.3) is 0 Å². The van der Waals surface area contributed by atoms with Crippen LogP contribution in [-0.2, 0) is 23.9 Å². The van der Waals surface area contributed by atoms with E-state index < -0.39 is 30.1 Å². The molecule has 0 radical (unpaired) electrons. The summed E-state index contributed by atoms with van der Waals surface area (Å²) in [6, 6.07) is 0. The van der Waals surface area contributed by atoms with Gasteiger partial charge < -0.3 is 19.7 Å². The summed E-state index contributed by atoms with van der Waals surface area (Å²) in [6.45, 7) is 1.85. The highest BCUT2D eigenvalue weighted by atomic mass is 16.6. The average Bonchev–Trinajstić information content (AvgIpc) is 2.61. The van der Waals surface area contributed by atoms with Crippen molar-refractivity contribution >= 4 is 17.9 Å². The average molecular weight is 384 g/mol. The van der Waals surface area contributed by atoms with Gasteiger partial charge in [-0.15, -0.1) is 0 Å². The monoisotopic (exact) mass is 384 g/mol. The quantitative estimate of drug-likeness (QED) is 0.716. The van der Waals surface area contributed by atoms with Gasteiger partial charge in [0.2, 0.25) is 0 Å². The molecule has 0 aliphatic carbocycles. The zero-order valence-corrected chi connectivity index (χ0v) is 16.1. The third-order valence-corrected chi connectivity index (χ3v) is 4.55. The fourth-order valence-electron chi connectivity index (χ4n) is 2.99. The molecule has 0 amide bonds. The van der Waals surface area contributed by atoms with Gasteiger partial charge in [0.1, 0.15) is 12.2 Å². The van der Waals surface area contributed by atoms with E-state index in [0.717, 1.165) is 57.4 Å². The van der Waals surface area contributed by atoms with Gasteiger partial charge in [-0.05, 0) is 38.7 Å². The van der Waals surface area contributed by atoms with Crippen LogP contribution in [-0.4, -0.2) is 46.4 Å². The van der Waals surface area contributed by atoms with Crippen molar-refractivity contribution in [2.45, 2.75) is 95.9 Å². The molecule has 0 saturated heterocycles. The van der Waals surface area contributed by atoms with Crippen LogP contribution in [0.15, 0.2) is 12.2 Å². The number of carboxylic acids is 1. The minimum atomic E-state index is -1.14. The third-order valence-electron chi connectivity index (χ3n) is 4.55. The number of carbonyl (C=O) groups is 3. The zero-order valence-electron chi connectivity index (χ0n) is 16.1. The SMILES string of the molecule is C[C@@H]1CCCCCCCCC[C@H](OC(=O)CCC(=O)O)[C@H](O)/C=C/C(=O)O1. The van der Waals surface area contributed by atoms with Crippen molar-refractivity contribution in [3.05, 3.63) is 12.2 Å². The van der Waals surface area contributed by atoms with Gasteiger partial charge in [0.05, 0.1) is 18.9 Å². The van der Waals surface area contributed by atoms with E-state index in [1.807, 2.05) is 6.92 Å². The molecule has 7 nitrogen and oxygen atoms in total. The number of rotatable bonds is 4. The Morgan fingerprint density at radius 3 is 2.30 bits per heavy atom. The molecule has 7 heteroatoms. The summed E-state index contributed by atoms with van der Waals surface area (Å²) in [6.07, 6.45) is 8.22. The number of hydrogen-bond donors (Lipinski definition) is 2. The third kappa shape index (κ3) is 11.4. The minimum absolute atomic E-state index is 0.183. The second-order valence-corrected chi connectivity index (χ2v) is 7.07. The van der Waals surface area contributed by atoms with E-state index >= 15 is 0 Å². The van der Waals surface area contributed by atoms with Gasteiger partial charge in [0.25, 0.3) is 0 Å². The maximum atomic E-state index is 11.8. The lowest BCUT2D eigenvalue weighted by Crippen LogP contribution is -2.30. The summed E-state index contributed by atoms with van der Waals surface area (Å²) in [5.41, 5.74) is 0.